The Bertz CT molecular complexity index is 455. The quantitative estimate of drug-likeness (QED) is 0.446. The number of non-ortho nitro benzene ring substituents is 1. The Morgan fingerprint density at radius 2 is 2.24 bits per heavy atom. The van der Waals surface area contributed by atoms with Crippen LogP contribution in [0.2, 0.25) is 0 Å². The molecule has 5 heteroatoms. The molecule has 5 nitrogen and oxygen atoms in total. The van der Waals surface area contributed by atoms with Gasteiger partial charge in [-0.15, -0.1) is 0 Å². The molecule has 0 aliphatic heterocycles. The van der Waals surface area contributed by atoms with Gasteiger partial charge < -0.3 is 4.90 Å². The van der Waals surface area contributed by atoms with Crippen LogP contribution < -0.4 is 4.90 Å². The highest BCUT2D eigenvalue weighted by atomic mass is 16.6. The van der Waals surface area contributed by atoms with Crippen LogP contribution in [0.15, 0.2) is 18.2 Å². The molecule has 0 unspecified atom stereocenters. The molecule has 0 amide bonds. The summed E-state index contributed by atoms with van der Waals surface area (Å²) in [5.41, 5.74) is 1.16. The van der Waals surface area contributed by atoms with Gasteiger partial charge in [0, 0.05) is 36.0 Å². The van der Waals surface area contributed by atoms with Gasteiger partial charge in [0.15, 0.2) is 6.29 Å². The minimum absolute atomic E-state index is 0.0392. The molecule has 0 radical (unpaired) electrons. The Morgan fingerprint density at radius 3 is 2.71 bits per heavy atom. The number of nitro benzene ring substituents is 1. The van der Waals surface area contributed by atoms with Crippen LogP contribution in [0, 0.1) is 10.1 Å². The number of carbonyl (C=O) groups excluding carboxylic acids is 1. The highest BCUT2D eigenvalue weighted by molar-refractivity contribution is 5.86. The number of anilines is 1. The van der Waals surface area contributed by atoms with Crippen LogP contribution in [0.4, 0.5) is 11.4 Å². The molecular weight excluding hydrogens is 220 g/mol. The maximum Gasteiger partial charge on any atom is 0.270 e. The second-order valence-corrected chi connectivity index (χ2v) is 4.14. The van der Waals surface area contributed by atoms with Crippen molar-refractivity contribution in [1.82, 2.24) is 0 Å². The van der Waals surface area contributed by atoms with Gasteiger partial charge >= 0.3 is 0 Å². The molecule has 0 N–H and O–H groups in total. The molecule has 0 saturated heterocycles. The summed E-state index contributed by atoms with van der Waals surface area (Å²) >= 11 is 0. The van der Waals surface area contributed by atoms with Crippen LogP contribution in [0.25, 0.3) is 0 Å². The number of nitrogens with zero attached hydrogens (tertiary/aromatic N) is 2. The van der Waals surface area contributed by atoms with E-state index in [9.17, 15) is 14.9 Å². The Kier molecular flexibility index (Phi) is 3.08. The predicted octanol–water partition coefficient (Wildman–Crippen LogP) is 2.40. The first kappa shape index (κ1) is 11.6. The fraction of sp³-hybridized carbons (Fsp3) is 0.417. The van der Waals surface area contributed by atoms with Gasteiger partial charge in [-0.2, -0.15) is 0 Å². The van der Waals surface area contributed by atoms with Crippen molar-refractivity contribution in [2.24, 2.45) is 0 Å². The molecular formula is C12H14N2O3. The maximum absolute atomic E-state index is 11.0. The molecule has 17 heavy (non-hydrogen) atoms. The van der Waals surface area contributed by atoms with Crippen molar-refractivity contribution in [1.29, 1.82) is 0 Å². The summed E-state index contributed by atoms with van der Waals surface area (Å²) in [5.74, 6) is 0. The number of hydrogen-bond donors (Lipinski definition) is 0. The first-order valence-corrected chi connectivity index (χ1v) is 5.67. The number of nitro groups is 1. The highest BCUT2D eigenvalue weighted by Gasteiger charge is 2.29. The summed E-state index contributed by atoms with van der Waals surface area (Å²) in [4.78, 5) is 23.3. The highest BCUT2D eigenvalue weighted by Crippen LogP contribution is 2.34. The molecule has 1 aromatic carbocycles. The topological polar surface area (TPSA) is 63.4 Å². The van der Waals surface area contributed by atoms with Crippen LogP contribution in [0.1, 0.15) is 30.1 Å². The number of carbonyl (C=O) groups is 1. The molecule has 1 aromatic rings. The summed E-state index contributed by atoms with van der Waals surface area (Å²) in [7, 11) is 0. The molecule has 0 bridgehead atoms. The van der Waals surface area contributed by atoms with E-state index in [4.69, 9.17) is 0 Å². The summed E-state index contributed by atoms with van der Waals surface area (Å²) in [6.07, 6.45) is 2.94. The third-order valence-electron chi connectivity index (χ3n) is 2.99. The van der Waals surface area contributed by atoms with Crippen molar-refractivity contribution in [3.63, 3.8) is 0 Å². The van der Waals surface area contributed by atoms with E-state index in [1.54, 1.807) is 6.07 Å². The zero-order valence-corrected chi connectivity index (χ0v) is 9.63. The minimum atomic E-state index is -0.482. The fourth-order valence-electron chi connectivity index (χ4n) is 2.02. The Morgan fingerprint density at radius 1 is 1.53 bits per heavy atom. The maximum atomic E-state index is 11.0. The molecule has 1 aliphatic rings. The SMILES string of the molecule is CCN(c1ccc([N+](=O)[O-])cc1C=O)C1CC1. The lowest BCUT2D eigenvalue weighted by molar-refractivity contribution is -0.384. The first-order chi connectivity index (χ1) is 8.17. The molecule has 2 rings (SSSR count). The van der Waals surface area contributed by atoms with E-state index in [0.717, 1.165) is 25.1 Å². The van der Waals surface area contributed by atoms with Gasteiger partial charge in [0.1, 0.15) is 0 Å². The summed E-state index contributed by atoms with van der Waals surface area (Å²) < 4.78 is 0. The van der Waals surface area contributed by atoms with Gasteiger partial charge in [-0.3, -0.25) is 14.9 Å². The van der Waals surface area contributed by atoms with Gasteiger partial charge in [-0.1, -0.05) is 0 Å². The first-order valence-electron chi connectivity index (χ1n) is 5.67. The zero-order chi connectivity index (χ0) is 12.4. The lowest BCUT2D eigenvalue weighted by Gasteiger charge is -2.23. The molecule has 0 heterocycles. The van der Waals surface area contributed by atoms with Gasteiger partial charge in [0.2, 0.25) is 0 Å². The summed E-state index contributed by atoms with van der Waals surface area (Å²) in [5, 5.41) is 10.6. The average molecular weight is 234 g/mol. The molecule has 0 spiro atoms. The van der Waals surface area contributed by atoms with E-state index >= 15 is 0 Å². The molecule has 1 fully saturated rings. The number of hydrogen-bond acceptors (Lipinski definition) is 4. The zero-order valence-electron chi connectivity index (χ0n) is 9.63. The van der Waals surface area contributed by atoms with Gasteiger partial charge in [-0.05, 0) is 25.8 Å². The Hall–Kier alpha value is -1.91. The van der Waals surface area contributed by atoms with E-state index in [2.05, 4.69) is 4.90 Å². The van der Waals surface area contributed by atoms with Gasteiger partial charge in [0.05, 0.1) is 4.92 Å². The second kappa shape index (κ2) is 4.53. The van der Waals surface area contributed by atoms with Crippen LogP contribution in [0.3, 0.4) is 0 Å². The minimum Gasteiger partial charge on any atom is -0.368 e. The van der Waals surface area contributed by atoms with E-state index in [1.807, 2.05) is 6.92 Å². The lowest BCUT2D eigenvalue weighted by Crippen LogP contribution is -2.26. The second-order valence-electron chi connectivity index (χ2n) is 4.14. The molecule has 90 valence electrons. The normalized spacial score (nSPS) is 14.4. The van der Waals surface area contributed by atoms with Crippen LogP contribution in [0.5, 0.6) is 0 Å². The number of rotatable bonds is 5. The van der Waals surface area contributed by atoms with Crippen molar-refractivity contribution in [3.05, 3.63) is 33.9 Å². The monoisotopic (exact) mass is 234 g/mol. The van der Waals surface area contributed by atoms with Crippen molar-refractivity contribution in [2.75, 3.05) is 11.4 Å². The summed E-state index contributed by atoms with van der Waals surface area (Å²) in [6, 6.07) is 4.95. The Balaban J connectivity index is 2.39. The average Bonchev–Trinajstić information content (AvgIpc) is 3.14. The molecule has 0 atom stereocenters. The van der Waals surface area contributed by atoms with Crippen molar-refractivity contribution in [2.45, 2.75) is 25.8 Å². The molecule has 0 aromatic heterocycles. The van der Waals surface area contributed by atoms with Gasteiger partial charge in [-0.25, -0.2) is 0 Å². The van der Waals surface area contributed by atoms with Crippen LogP contribution in [-0.2, 0) is 0 Å². The van der Waals surface area contributed by atoms with E-state index in [-0.39, 0.29) is 5.69 Å². The van der Waals surface area contributed by atoms with Crippen molar-refractivity contribution in [3.8, 4) is 0 Å². The van der Waals surface area contributed by atoms with E-state index < -0.39 is 4.92 Å². The lowest BCUT2D eigenvalue weighted by atomic mass is 10.1. The van der Waals surface area contributed by atoms with Crippen LogP contribution in [-0.4, -0.2) is 23.8 Å². The molecule has 1 aliphatic carbocycles. The van der Waals surface area contributed by atoms with E-state index in [1.165, 1.54) is 12.1 Å². The van der Waals surface area contributed by atoms with Crippen LogP contribution >= 0.6 is 0 Å². The van der Waals surface area contributed by atoms with Gasteiger partial charge in [0.25, 0.3) is 5.69 Å². The predicted molar refractivity (Wildman–Crippen MR) is 64.5 cm³/mol. The third-order valence-corrected chi connectivity index (χ3v) is 2.99. The number of aldehydes is 1. The smallest absolute Gasteiger partial charge is 0.270 e. The largest absolute Gasteiger partial charge is 0.368 e. The third kappa shape index (κ3) is 2.27. The fourth-order valence-corrected chi connectivity index (χ4v) is 2.02. The standard InChI is InChI=1S/C12H14N2O3/c1-2-13(10-3-4-10)12-6-5-11(14(16)17)7-9(12)8-15/h5-8,10H,2-4H2,1H3. The summed E-state index contributed by atoms with van der Waals surface area (Å²) in [6.45, 7) is 2.83. The molecule has 1 saturated carbocycles. The Labute approximate surface area is 99.2 Å². The number of benzene rings is 1. The van der Waals surface area contributed by atoms with Crippen molar-refractivity contribution >= 4 is 17.7 Å². The van der Waals surface area contributed by atoms with Crippen molar-refractivity contribution < 1.29 is 9.72 Å². The van der Waals surface area contributed by atoms with E-state index in [0.29, 0.717) is 17.9 Å².